The summed E-state index contributed by atoms with van der Waals surface area (Å²) in [6.07, 6.45) is 5.40. The predicted molar refractivity (Wildman–Crippen MR) is 76.7 cm³/mol. The van der Waals surface area contributed by atoms with Crippen LogP contribution in [-0.2, 0) is 16.5 Å². The topological polar surface area (TPSA) is 61.5 Å². The van der Waals surface area contributed by atoms with Crippen molar-refractivity contribution in [2.24, 2.45) is 7.05 Å². The smallest absolute Gasteiger partial charge is 0.163 e. The van der Waals surface area contributed by atoms with E-state index in [-0.39, 0.29) is 12.1 Å². The Balaban J connectivity index is 1.71. The quantitative estimate of drug-likeness (QED) is 0.911. The van der Waals surface area contributed by atoms with Crippen LogP contribution in [0, 0.1) is 0 Å². The molecule has 6 heteroatoms. The van der Waals surface area contributed by atoms with Gasteiger partial charge in [-0.25, -0.2) is 4.98 Å². The van der Waals surface area contributed by atoms with Gasteiger partial charge in [-0.2, -0.15) is 0 Å². The number of ether oxygens (including phenoxy) is 2. The molecule has 2 aromatic rings. The maximum Gasteiger partial charge on any atom is 0.163 e. The number of aryl methyl sites for hydroxylation is 1. The molecule has 2 atom stereocenters. The molecule has 0 spiro atoms. The molecule has 1 aliphatic heterocycles. The van der Waals surface area contributed by atoms with Gasteiger partial charge >= 0.3 is 0 Å². The second-order valence-corrected chi connectivity index (χ2v) is 5.70. The number of hydrogen-bond acceptors (Lipinski definition) is 5. The van der Waals surface area contributed by atoms with Crippen LogP contribution < -0.4 is 5.32 Å². The van der Waals surface area contributed by atoms with Gasteiger partial charge < -0.3 is 18.5 Å². The minimum absolute atomic E-state index is 0.0257. The van der Waals surface area contributed by atoms with Crippen molar-refractivity contribution < 1.29 is 13.9 Å². The standard InChI is InChI=1S/C15H21N3O3/c1-15(2)20-10-11(21-15)9-17-13(12-5-4-8-19-12)14-16-6-7-18(14)3/h4-8,11,13,17H,9-10H2,1-3H3. The van der Waals surface area contributed by atoms with Crippen molar-refractivity contribution in [3.05, 3.63) is 42.4 Å². The first-order valence-electron chi connectivity index (χ1n) is 7.11. The third kappa shape index (κ3) is 3.18. The molecule has 0 bridgehead atoms. The third-order valence-corrected chi connectivity index (χ3v) is 3.56. The number of imidazole rings is 1. The van der Waals surface area contributed by atoms with Crippen LogP contribution in [-0.4, -0.2) is 34.6 Å². The lowest BCUT2D eigenvalue weighted by atomic mass is 10.2. The molecule has 2 unspecified atom stereocenters. The molecule has 0 radical (unpaired) electrons. The van der Waals surface area contributed by atoms with Gasteiger partial charge in [0.2, 0.25) is 0 Å². The number of aromatic nitrogens is 2. The summed E-state index contributed by atoms with van der Waals surface area (Å²) in [7, 11) is 1.97. The third-order valence-electron chi connectivity index (χ3n) is 3.56. The highest BCUT2D eigenvalue weighted by Gasteiger charge is 2.33. The van der Waals surface area contributed by atoms with Crippen molar-refractivity contribution in [2.45, 2.75) is 31.8 Å². The molecule has 1 saturated heterocycles. The highest BCUT2D eigenvalue weighted by molar-refractivity contribution is 5.15. The summed E-state index contributed by atoms with van der Waals surface area (Å²) in [5.41, 5.74) is 0. The minimum atomic E-state index is -0.504. The minimum Gasteiger partial charge on any atom is -0.467 e. The highest BCUT2D eigenvalue weighted by Crippen LogP contribution is 2.24. The Morgan fingerprint density at radius 1 is 1.52 bits per heavy atom. The van der Waals surface area contributed by atoms with E-state index in [1.807, 2.05) is 43.8 Å². The van der Waals surface area contributed by atoms with Crippen LogP contribution in [0.1, 0.15) is 31.5 Å². The van der Waals surface area contributed by atoms with Crippen LogP contribution in [0.15, 0.2) is 35.2 Å². The number of rotatable bonds is 5. The molecule has 0 amide bonds. The normalized spacial score (nSPS) is 22.5. The van der Waals surface area contributed by atoms with Crippen LogP contribution in [0.25, 0.3) is 0 Å². The first-order chi connectivity index (χ1) is 10.1. The van der Waals surface area contributed by atoms with Crippen molar-refractivity contribution in [2.75, 3.05) is 13.2 Å². The molecule has 114 valence electrons. The van der Waals surface area contributed by atoms with Gasteiger partial charge in [0.25, 0.3) is 0 Å². The SMILES string of the molecule is Cn1ccnc1C(NCC1COC(C)(C)O1)c1ccco1. The Labute approximate surface area is 124 Å². The Bertz CT molecular complexity index is 577. The Morgan fingerprint density at radius 2 is 2.38 bits per heavy atom. The molecule has 3 rings (SSSR count). The number of nitrogens with one attached hydrogen (secondary N) is 1. The van der Waals surface area contributed by atoms with E-state index in [1.54, 1.807) is 12.5 Å². The van der Waals surface area contributed by atoms with Crippen molar-refractivity contribution in [3.8, 4) is 0 Å². The van der Waals surface area contributed by atoms with E-state index in [9.17, 15) is 0 Å². The monoisotopic (exact) mass is 291 g/mol. The summed E-state index contributed by atoms with van der Waals surface area (Å²) in [5.74, 6) is 1.24. The summed E-state index contributed by atoms with van der Waals surface area (Å²) in [6, 6.07) is 3.72. The van der Waals surface area contributed by atoms with Crippen molar-refractivity contribution in [1.29, 1.82) is 0 Å². The zero-order chi connectivity index (χ0) is 14.9. The number of hydrogen-bond donors (Lipinski definition) is 1. The van der Waals surface area contributed by atoms with Gasteiger partial charge in [-0.1, -0.05) is 0 Å². The van der Waals surface area contributed by atoms with Crippen molar-refractivity contribution in [3.63, 3.8) is 0 Å². The Morgan fingerprint density at radius 3 is 2.95 bits per heavy atom. The average Bonchev–Trinajstić information content (AvgIpc) is 3.13. The molecule has 1 N–H and O–H groups in total. The van der Waals surface area contributed by atoms with Crippen molar-refractivity contribution >= 4 is 0 Å². The zero-order valence-electron chi connectivity index (χ0n) is 12.6. The van der Waals surface area contributed by atoms with E-state index < -0.39 is 5.79 Å². The summed E-state index contributed by atoms with van der Waals surface area (Å²) < 4.78 is 18.9. The van der Waals surface area contributed by atoms with Crippen LogP contribution in [0.2, 0.25) is 0 Å². The number of nitrogens with zero attached hydrogens (tertiary/aromatic N) is 2. The van der Waals surface area contributed by atoms with Gasteiger partial charge in [0.05, 0.1) is 19.0 Å². The molecule has 0 aromatic carbocycles. The maximum absolute atomic E-state index is 5.82. The molecule has 0 saturated carbocycles. The summed E-state index contributed by atoms with van der Waals surface area (Å²) >= 11 is 0. The van der Waals surface area contributed by atoms with E-state index in [1.165, 1.54) is 0 Å². The molecule has 3 heterocycles. The molecule has 6 nitrogen and oxygen atoms in total. The largest absolute Gasteiger partial charge is 0.467 e. The maximum atomic E-state index is 5.82. The second-order valence-electron chi connectivity index (χ2n) is 5.70. The van der Waals surface area contributed by atoms with Gasteiger partial charge in [-0.15, -0.1) is 0 Å². The van der Waals surface area contributed by atoms with Gasteiger partial charge in [-0.3, -0.25) is 5.32 Å². The van der Waals surface area contributed by atoms with Gasteiger partial charge in [0, 0.05) is 26.0 Å². The molecular weight excluding hydrogens is 270 g/mol. The number of furan rings is 1. The summed E-state index contributed by atoms with van der Waals surface area (Å²) in [4.78, 5) is 4.41. The van der Waals surface area contributed by atoms with Crippen molar-refractivity contribution in [1.82, 2.24) is 14.9 Å². The summed E-state index contributed by atoms with van der Waals surface area (Å²) in [6.45, 7) is 5.11. The fraction of sp³-hybridized carbons (Fsp3) is 0.533. The molecular formula is C15H21N3O3. The Hall–Kier alpha value is -1.63. The molecule has 1 aliphatic rings. The van der Waals surface area contributed by atoms with Gasteiger partial charge in [-0.05, 0) is 26.0 Å². The zero-order valence-corrected chi connectivity index (χ0v) is 12.6. The van der Waals surface area contributed by atoms with Crippen LogP contribution in [0.3, 0.4) is 0 Å². The molecule has 21 heavy (non-hydrogen) atoms. The first kappa shape index (κ1) is 14.3. The predicted octanol–water partition coefficient (Wildman–Crippen LogP) is 1.84. The molecule has 2 aromatic heterocycles. The lowest BCUT2D eigenvalue weighted by Crippen LogP contribution is -2.34. The van der Waals surface area contributed by atoms with E-state index in [4.69, 9.17) is 13.9 Å². The van der Waals surface area contributed by atoms with Crippen LogP contribution >= 0.6 is 0 Å². The highest BCUT2D eigenvalue weighted by atomic mass is 16.7. The second kappa shape index (κ2) is 5.63. The lowest BCUT2D eigenvalue weighted by Gasteiger charge is -2.20. The van der Waals surface area contributed by atoms with E-state index in [0.717, 1.165) is 11.6 Å². The molecule has 1 fully saturated rings. The fourth-order valence-corrected chi connectivity index (χ4v) is 2.54. The molecule has 0 aliphatic carbocycles. The van der Waals surface area contributed by atoms with Crippen LogP contribution in [0.5, 0.6) is 0 Å². The fourth-order valence-electron chi connectivity index (χ4n) is 2.54. The Kier molecular flexibility index (Phi) is 3.84. The first-order valence-corrected chi connectivity index (χ1v) is 7.11. The summed E-state index contributed by atoms with van der Waals surface area (Å²) in [5, 5.41) is 3.46. The van der Waals surface area contributed by atoms with E-state index in [0.29, 0.717) is 13.2 Å². The van der Waals surface area contributed by atoms with Crippen LogP contribution in [0.4, 0.5) is 0 Å². The van der Waals surface area contributed by atoms with E-state index >= 15 is 0 Å². The van der Waals surface area contributed by atoms with Gasteiger partial charge in [0.15, 0.2) is 5.79 Å². The van der Waals surface area contributed by atoms with Gasteiger partial charge in [0.1, 0.15) is 17.6 Å². The lowest BCUT2D eigenvalue weighted by molar-refractivity contribution is -0.137. The average molecular weight is 291 g/mol. The van der Waals surface area contributed by atoms with E-state index in [2.05, 4.69) is 10.3 Å².